The fourth-order valence-corrected chi connectivity index (χ4v) is 3.12. The lowest BCUT2D eigenvalue weighted by molar-refractivity contribution is -0.147. The van der Waals surface area contributed by atoms with E-state index in [0.29, 0.717) is 32.1 Å². The van der Waals surface area contributed by atoms with Crippen molar-refractivity contribution in [1.29, 1.82) is 0 Å². The Labute approximate surface area is 128 Å². The zero-order valence-corrected chi connectivity index (χ0v) is 13.9. The summed E-state index contributed by atoms with van der Waals surface area (Å²) in [7, 11) is 2.11. The molecule has 2 heterocycles. The second-order valence-electron chi connectivity index (χ2n) is 7.45. The van der Waals surface area contributed by atoms with Gasteiger partial charge in [-0.1, -0.05) is 20.8 Å². The summed E-state index contributed by atoms with van der Waals surface area (Å²) in [4.78, 5) is 30.9. The highest BCUT2D eigenvalue weighted by Crippen LogP contribution is 2.22. The van der Waals surface area contributed by atoms with Gasteiger partial charge in [0.05, 0.1) is 0 Å². The van der Waals surface area contributed by atoms with Gasteiger partial charge in [0.2, 0.25) is 11.8 Å². The summed E-state index contributed by atoms with van der Waals surface area (Å²) in [5, 5.41) is 0. The normalized spacial score (nSPS) is 22.5. The summed E-state index contributed by atoms with van der Waals surface area (Å²) < 4.78 is 0. The first-order chi connectivity index (χ1) is 9.79. The molecule has 2 saturated heterocycles. The van der Waals surface area contributed by atoms with E-state index in [-0.39, 0.29) is 17.2 Å². The smallest absolute Gasteiger partial charge is 0.228 e. The first kappa shape index (κ1) is 16.3. The van der Waals surface area contributed by atoms with Crippen molar-refractivity contribution in [2.45, 2.75) is 33.6 Å². The molecule has 0 radical (unpaired) electrons. The highest BCUT2D eigenvalue weighted by atomic mass is 16.2. The highest BCUT2D eigenvalue weighted by molar-refractivity contribution is 5.82. The first-order valence-corrected chi connectivity index (χ1v) is 8.06. The maximum absolute atomic E-state index is 12.5. The van der Waals surface area contributed by atoms with Crippen LogP contribution in [-0.4, -0.2) is 72.8 Å². The second-order valence-corrected chi connectivity index (χ2v) is 7.45. The van der Waals surface area contributed by atoms with E-state index in [0.717, 1.165) is 25.9 Å². The van der Waals surface area contributed by atoms with Gasteiger partial charge in [0.15, 0.2) is 0 Å². The minimum Gasteiger partial charge on any atom is -0.339 e. The minimum atomic E-state index is -0.333. The summed E-state index contributed by atoms with van der Waals surface area (Å²) in [6.07, 6.45) is 1.94. The minimum absolute atomic E-state index is 0.186. The van der Waals surface area contributed by atoms with Crippen LogP contribution >= 0.6 is 0 Å². The molecule has 120 valence electrons. The Kier molecular flexibility index (Phi) is 4.91. The Morgan fingerprint density at radius 3 is 1.81 bits per heavy atom. The Bertz CT molecular complexity index is 387. The van der Waals surface area contributed by atoms with Gasteiger partial charge in [0, 0.05) is 37.5 Å². The van der Waals surface area contributed by atoms with Crippen molar-refractivity contribution in [3.05, 3.63) is 0 Å². The van der Waals surface area contributed by atoms with E-state index in [4.69, 9.17) is 0 Å². The Hall–Kier alpha value is -1.10. The van der Waals surface area contributed by atoms with Gasteiger partial charge >= 0.3 is 0 Å². The predicted octanol–water partition coefficient (Wildman–Crippen LogP) is 1.05. The van der Waals surface area contributed by atoms with Crippen LogP contribution in [0.4, 0.5) is 0 Å². The molecule has 5 heteroatoms. The SMILES string of the molecule is CN1CCC(C(=O)N2CCN(C(=O)C(C)(C)C)CC2)CC1. The number of piperazine rings is 1. The molecule has 2 fully saturated rings. The Morgan fingerprint density at radius 1 is 0.857 bits per heavy atom. The molecule has 0 aromatic heterocycles. The molecule has 0 aromatic rings. The maximum atomic E-state index is 12.5. The lowest BCUT2D eigenvalue weighted by Crippen LogP contribution is -2.54. The second kappa shape index (κ2) is 6.34. The number of carbonyl (C=O) groups excluding carboxylic acids is 2. The third-order valence-electron chi connectivity index (χ3n) is 4.59. The molecule has 0 N–H and O–H groups in total. The number of hydrogen-bond acceptors (Lipinski definition) is 3. The summed E-state index contributed by atoms with van der Waals surface area (Å²) in [6, 6.07) is 0. The molecule has 21 heavy (non-hydrogen) atoms. The van der Waals surface area contributed by atoms with Gasteiger partial charge in [0.1, 0.15) is 0 Å². The lowest BCUT2D eigenvalue weighted by Gasteiger charge is -2.39. The number of carbonyl (C=O) groups is 2. The quantitative estimate of drug-likeness (QED) is 0.726. The molecule has 2 aliphatic heterocycles. The zero-order chi connectivity index (χ0) is 15.6. The summed E-state index contributed by atoms with van der Waals surface area (Å²) >= 11 is 0. The summed E-state index contributed by atoms with van der Waals surface area (Å²) in [5.74, 6) is 0.672. The first-order valence-electron chi connectivity index (χ1n) is 8.06. The summed E-state index contributed by atoms with van der Waals surface area (Å²) in [5.41, 5.74) is -0.333. The number of hydrogen-bond donors (Lipinski definition) is 0. The van der Waals surface area contributed by atoms with Gasteiger partial charge in [-0.25, -0.2) is 0 Å². The Balaban J connectivity index is 1.83. The predicted molar refractivity (Wildman–Crippen MR) is 82.8 cm³/mol. The molecule has 0 aromatic carbocycles. The van der Waals surface area contributed by atoms with Gasteiger partial charge in [-0.05, 0) is 33.0 Å². The van der Waals surface area contributed by atoms with Crippen LogP contribution in [0, 0.1) is 11.3 Å². The lowest BCUT2D eigenvalue weighted by atomic mass is 9.93. The molecule has 2 aliphatic rings. The van der Waals surface area contributed by atoms with E-state index in [2.05, 4.69) is 11.9 Å². The molecular formula is C16H29N3O2. The number of nitrogens with zero attached hydrogens (tertiary/aromatic N) is 3. The van der Waals surface area contributed by atoms with Crippen LogP contribution in [0.15, 0.2) is 0 Å². The summed E-state index contributed by atoms with van der Waals surface area (Å²) in [6.45, 7) is 10.6. The van der Waals surface area contributed by atoms with Crippen molar-refractivity contribution < 1.29 is 9.59 Å². The fourth-order valence-electron chi connectivity index (χ4n) is 3.12. The van der Waals surface area contributed by atoms with E-state index in [1.165, 1.54) is 0 Å². The van der Waals surface area contributed by atoms with Crippen molar-refractivity contribution in [1.82, 2.24) is 14.7 Å². The van der Waals surface area contributed by atoms with Crippen LogP contribution < -0.4 is 0 Å². The van der Waals surface area contributed by atoms with E-state index in [1.54, 1.807) is 0 Å². The molecule has 0 spiro atoms. The molecular weight excluding hydrogens is 266 g/mol. The average molecular weight is 295 g/mol. The molecule has 2 amide bonds. The third kappa shape index (κ3) is 3.96. The van der Waals surface area contributed by atoms with E-state index < -0.39 is 0 Å². The van der Waals surface area contributed by atoms with Crippen LogP contribution in [0.2, 0.25) is 0 Å². The van der Waals surface area contributed by atoms with Gasteiger partial charge in [0.25, 0.3) is 0 Å². The number of likely N-dealkylation sites (tertiary alicyclic amines) is 1. The number of rotatable bonds is 1. The average Bonchev–Trinajstić information content (AvgIpc) is 2.46. The van der Waals surface area contributed by atoms with E-state index in [1.807, 2.05) is 30.6 Å². The van der Waals surface area contributed by atoms with Gasteiger partial charge in [-0.3, -0.25) is 9.59 Å². The molecule has 0 bridgehead atoms. The number of piperidine rings is 1. The van der Waals surface area contributed by atoms with Crippen LogP contribution in [0.5, 0.6) is 0 Å². The molecule has 0 atom stereocenters. The number of amides is 2. The van der Waals surface area contributed by atoms with Crippen molar-refractivity contribution in [3.63, 3.8) is 0 Å². The fraction of sp³-hybridized carbons (Fsp3) is 0.875. The van der Waals surface area contributed by atoms with Crippen molar-refractivity contribution in [2.24, 2.45) is 11.3 Å². The van der Waals surface area contributed by atoms with Crippen LogP contribution in [0.3, 0.4) is 0 Å². The maximum Gasteiger partial charge on any atom is 0.228 e. The molecule has 0 saturated carbocycles. The molecule has 2 rings (SSSR count). The van der Waals surface area contributed by atoms with Crippen molar-refractivity contribution in [3.8, 4) is 0 Å². The monoisotopic (exact) mass is 295 g/mol. The standard InChI is InChI=1S/C16H29N3O2/c1-16(2,3)15(21)19-11-9-18(10-12-19)14(20)13-5-7-17(4)8-6-13/h13H,5-12H2,1-4H3. The highest BCUT2D eigenvalue weighted by Gasteiger charge is 2.33. The zero-order valence-electron chi connectivity index (χ0n) is 13.9. The largest absolute Gasteiger partial charge is 0.339 e. The van der Waals surface area contributed by atoms with Crippen molar-refractivity contribution >= 4 is 11.8 Å². The van der Waals surface area contributed by atoms with Crippen LogP contribution in [0.1, 0.15) is 33.6 Å². The molecule has 0 aliphatic carbocycles. The Morgan fingerprint density at radius 2 is 1.33 bits per heavy atom. The third-order valence-corrected chi connectivity index (χ3v) is 4.59. The van der Waals surface area contributed by atoms with E-state index in [9.17, 15) is 9.59 Å². The molecule has 0 unspecified atom stereocenters. The van der Waals surface area contributed by atoms with Crippen LogP contribution in [-0.2, 0) is 9.59 Å². The van der Waals surface area contributed by atoms with Gasteiger partial charge in [-0.2, -0.15) is 0 Å². The molecule has 5 nitrogen and oxygen atoms in total. The van der Waals surface area contributed by atoms with Gasteiger partial charge in [-0.15, -0.1) is 0 Å². The van der Waals surface area contributed by atoms with Crippen LogP contribution in [0.25, 0.3) is 0 Å². The topological polar surface area (TPSA) is 43.9 Å². The van der Waals surface area contributed by atoms with E-state index >= 15 is 0 Å². The van der Waals surface area contributed by atoms with Crippen molar-refractivity contribution in [2.75, 3.05) is 46.3 Å². The van der Waals surface area contributed by atoms with Gasteiger partial charge < -0.3 is 14.7 Å².